The van der Waals surface area contributed by atoms with Gasteiger partial charge in [-0.25, -0.2) is 9.59 Å². The van der Waals surface area contributed by atoms with Crippen molar-refractivity contribution in [2.75, 3.05) is 13.2 Å². The molecule has 2 unspecified atom stereocenters. The summed E-state index contributed by atoms with van der Waals surface area (Å²) in [7, 11) is 0. The van der Waals surface area contributed by atoms with E-state index in [0.717, 1.165) is 44.9 Å². The van der Waals surface area contributed by atoms with Crippen LogP contribution in [0, 0.1) is 11.8 Å². The van der Waals surface area contributed by atoms with Gasteiger partial charge < -0.3 is 19.9 Å². The van der Waals surface area contributed by atoms with Gasteiger partial charge in [-0.1, -0.05) is 18.9 Å². The summed E-state index contributed by atoms with van der Waals surface area (Å²) >= 11 is 0. The molecule has 1 aliphatic carbocycles. The summed E-state index contributed by atoms with van der Waals surface area (Å²) in [6.45, 7) is 4.66. The van der Waals surface area contributed by atoms with Gasteiger partial charge in [0.25, 0.3) is 0 Å². The Morgan fingerprint density at radius 1 is 1.35 bits per heavy atom. The van der Waals surface area contributed by atoms with Gasteiger partial charge in [0.05, 0.1) is 13.2 Å². The molecule has 0 spiro atoms. The molecule has 1 saturated heterocycles. The zero-order valence-electron chi connectivity index (χ0n) is 13.5. The minimum Gasteiger partial charge on any atom is -0.480 e. The fourth-order valence-corrected chi connectivity index (χ4v) is 3.47. The first-order chi connectivity index (χ1) is 11.1. The largest absolute Gasteiger partial charge is 0.480 e. The van der Waals surface area contributed by atoms with E-state index >= 15 is 0 Å². The Balaban J connectivity index is 1.82. The lowest BCUT2D eigenvalue weighted by Gasteiger charge is -2.23. The van der Waals surface area contributed by atoms with Crippen LogP contribution in [-0.2, 0) is 14.3 Å². The number of alkyl carbamates (subject to hydrolysis) is 1. The highest BCUT2D eigenvalue weighted by molar-refractivity contribution is 5.80. The Hall–Kier alpha value is -1.56. The minimum absolute atomic E-state index is 0.00302. The summed E-state index contributed by atoms with van der Waals surface area (Å²) in [5, 5.41) is 11.9. The molecule has 1 heterocycles. The number of ether oxygens (including phenoxy) is 2. The molecular weight excluding hydrogens is 298 g/mol. The van der Waals surface area contributed by atoms with E-state index in [1.807, 2.05) is 6.08 Å². The second kappa shape index (κ2) is 8.91. The van der Waals surface area contributed by atoms with Gasteiger partial charge in [0.2, 0.25) is 0 Å². The molecule has 6 heteroatoms. The first-order valence-electron chi connectivity index (χ1n) is 8.50. The monoisotopic (exact) mass is 325 g/mol. The highest BCUT2D eigenvalue weighted by atomic mass is 16.6. The van der Waals surface area contributed by atoms with Gasteiger partial charge in [0.15, 0.2) is 0 Å². The van der Waals surface area contributed by atoms with E-state index in [1.165, 1.54) is 0 Å². The highest BCUT2D eigenvalue weighted by Gasteiger charge is 2.35. The molecule has 0 bridgehead atoms. The molecule has 0 radical (unpaired) electrons. The second-order valence-corrected chi connectivity index (χ2v) is 6.47. The van der Waals surface area contributed by atoms with Gasteiger partial charge in [-0.05, 0) is 38.0 Å². The number of rotatable bonds is 8. The van der Waals surface area contributed by atoms with Gasteiger partial charge in [0.1, 0.15) is 12.1 Å². The van der Waals surface area contributed by atoms with Gasteiger partial charge in [-0.2, -0.15) is 0 Å². The van der Waals surface area contributed by atoms with E-state index in [1.54, 1.807) is 0 Å². The van der Waals surface area contributed by atoms with Crippen LogP contribution < -0.4 is 5.32 Å². The molecule has 6 nitrogen and oxygen atoms in total. The van der Waals surface area contributed by atoms with Crippen molar-refractivity contribution in [3.63, 3.8) is 0 Å². The number of nitrogens with one attached hydrogen (secondary N) is 1. The van der Waals surface area contributed by atoms with Crippen molar-refractivity contribution < 1.29 is 24.2 Å². The Kier molecular flexibility index (Phi) is 6.89. The molecule has 23 heavy (non-hydrogen) atoms. The Labute approximate surface area is 137 Å². The lowest BCUT2D eigenvalue weighted by atomic mass is 9.98. The van der Waals surface area contributed by atoms with Crippen molar-refractivity contribution in [2.45, 2.75) is 57.1 Å². The normalized spacial score (nSPS) is 25.9. The standard InChI is InChI=1S/C17H27NO5/c1-2-3-4-9-13-10-22-11-14(13)23-17(21)18-15(16(19)20)12-7-5-6-8-12/h2,12-15H,1,3-11H2,(H,18,21)(H,19,20)/t13?,14?,15-/m0/s1. The summed E-state index contributed by atoms with van der Waals surface area (Å²) < 4.78 is 10.8. The molecule has 2 rings (SSSR count). The molecule has 0 aromatic heterocycles. The van der Waals surface area contributed by atoms with Crippen LogP contribution in [0.2, 0.25) is 0 Å². The average molecular weight is 325 g/mol. The van der Waals surface area contributed by atoms with E-state index in [2.05, 4.69) is 11.9 Å². The molecule has 2 N–H and O–H groups in total. The zero-order chi connectivity index (χ0) is 16.7. The molecule has 3 atom stereocenters. The zero-order valence-corrected chi connectivity index (χ0v) is 13.5. The number of aliphatic carboxylic acids is 1. The van der Waals surface area contributed by atoms with Gasteiger partial charge >= 0.3 is 12.1 Å². The predicted molar refractivity (Wildman–Crippen MR) is 85.1 cm³/mol. The minimum atomic E-state index is -0.987. The fraction of sp³-hybridized carbons (Fsp3) is 0.765. The summed E-state index contributed by atoms with van der Waals surface area (Å²) in [5.74, 6) is -0.808. The molecule has 1 saturated carbocycles. The molecule has 0 aromatic rings. The third-order valence-electron chi connectivity index (χ3n) is 4.79. The maximum absolute atomic E-state index is 12.1. The molecule has 1 aliphatic heterocycles. The van der Waals surface area contributed by atoms with Crippen LogP contribution in [0.15, 0.2) is 12.7 Å². The van der Waals surface area contributed by atoms with Crippen LogP contribution in [0.3, 0.4) is 0 Å². The molecule has 1 amide bonds. The van der Waals surface area contributed by atoms with Crippen LogP contribution in [0.5, 0.6) is 0 Å². The van der Waals surface area contributed by atoms with E-state index in [9.17, 15) is 14.7 Å². The number of hydrogen-bond acceptors (Lipinski definition) is 4. The maximum Gasteiger partial charge on any atom is 0.408 e. The number of carbonyl (C=O) groups is 2. The van der Waals surface area contributed by atoms with Crippen LogP contribution in [0.1, 0.15) is 44.9 Å². The van der Waals surface area contributed by atoms with Crippen LogP contribution in [0.25, 0.3) is 0 Å². The molecule has 0 aromatic carbocycles. The summed E-state index contributed by atoms with van der Waals surface area (Å²) in [6, 6.07) is -0.855. The van der Waals surface area contributed by atoms with Crippen LogP contribution >= 0.6 is 0 Å². The van der Waals surface area contributed by atoms with E-state index in [0.29, 0.717) is 13.2 Å². The number of amides is 1. The smallest absolute Gasteiger partial charge is 0.408 e. The Bertz CT molecular complexity index is 419. The molecule has 130 valence electrons. The van der Waals surface area contributed by atoms with E-state index in [-0.39, 0.29) is 17.9 Å². The van der Waals surface area contributed by atoms with Crippen molar-refractivity contribution in [3.05, 3.63) is 12.7 Å². The van der Waals surface area contributed by atoms with Gasteiger partial charge in [0, 0.05) is 5.92 Å². The van der Waals surface area contributed by atoms with E-state index < -0.39 is 18.1 Å². The summed E-state index contributed by atoms with van der Waals surface area (Å²) in [6.07, 6.45) is 7.48. The first kappa shape index (κ1) is 17.8. The number of unbranched alkanes of at least 4 members (excludes halogenated alkanes) is 1. The Morgan fingerprint density at radius 3 is 2.74 bits per heavy atom. The third kappa shape index (κ3) is 5.23. The van der Waals surface area contributed by atoms with Crippen LogP contribution in [-0.4, -0.2) is 42.5 Å². The quantitative estimate of drug-likeness (QED) is 0.529. The molecule has 2 aliphatic rings. The lowest BCUT2D eigenvalue weighted by Crippen LogP contribution is -2.46. The first-order valence-corrected chi connectivity index (χ1v) is 8.50. The van der Waals surface area contributed by atoms with E-state index in [4.69, 9.17) is 9.47 Å². The second-order valence-electron chi connectivity index (χ2n) is 6.47. The average Bonchev–Trinajstić information content (AvgIpc) is 3.17. The van der Waals surface area contributed by atoms with Gasteiger partial charge in [-0.15, -0.1) is 6.58 Å². The predicted octanol–water partition coefficient (Wildman–Crippen LogP) is 2.73. The van der Waals surface area contributed by atoms with Crippen molar-refractivity contribution in [1.82, 2.24) is 5.32 Å². The Morgan fingerprint density at radius 2 is 2.09 bits per heavy atom. The molecular formula is C17H27NO5. The molecule has 2 fully saturated rings. The lowest BCUT2D eigenvalue weighted by molar-refractivity contribution is -0.140. The summed E-state index contributed by atoms with van der Waals surface area (Å²) in [4.78, 5) is 23.5. The van der Waals surface area contributed by atoms with Crippen LogP contribution in [0.4, 0.5) is 4.79 Å². The van der Waals surface area contributed by atoms with Crippen molar-refractivity contribution in [1.29, 1.82) is 0 Å². The topological polar surface area (TPSA) is 84.9 Å². The number of carboxylic acid groups (broad SMARTS) is 1. The maximum atomic E-state index is 12.1. The fourth-order valence-electron chi connectivity index (χ4n) is 3.47. The number of allylic oxidation sites excluding steroid dienone is 1. The summed E-state index contributed by atoms with van der Waals surface area (Å²) in [5.41, 5.74) is 0. The van der Waals surface area contributed by atoms with Crippen molar-refractivity contribution in [2.24, 2.45) is 11.8 Å². The number of carbonyl (C=O) groups excluding carboxylic acids is 1. The van der Waals surface area contributed by atoms with Crippen molar-refractivity contribution in [3.8, 4) is 0 Å². The SMILES string of the molecule is C=CCCCC1COCC1OC(=O)N[C@H](C(=O)O)C1CCCC1. The van der Waals surface area contributed by atoms with Gasteiger partial charge in [-0.3, -0.25) is 0 Å². The van der Waals surface area contributed by atoms with Crippen molar-refractivity contribution >= 4 is 12.1 Å². The number of hydrogen-bond donors (Lipinski definition) is 2. The highest BCUT2D eigenvalue weighted by Crippen LogP contribution is 2.28. The number of carboxylic acids is 1. The third-order valence-corrected chi connectivity index (χ3v) is 4.79.